The highest BCUT2D eigenvalue weighted by Crippen LogP contribution is 2.32. The van der Waals surface area contributed by atoms with Crippen molar-refractivity contribution < 1.29 is 22.7 Å². The molecule has 0 unspecified atom stereocenters. The Morgan fingerprint density at radius 1 is 1.12 bits per heavy atom. The van der Waals surface area contributed by atoms with Gasteiger partial charge in [-0.1, -0.05) is 23.4 Å². The number of hydrogen-bond acceptors (Lipinski definition) is 5. The molecule has 0 spiro atoms. The third-order valence-corrected chi connectivity index (χ3v) is 5.51. The Morgan fingerprint density at radius 3 is 2.79 bits per heavy atom. The fourth-order valence-electron chi connectivity index (χ4n) is 3.80. The van der Waals surface area contributed by atoms with Crippen LogP contribution in [0.5, 0.6) is 5.88 Å². The first-order valence-corrected chi connectivity index (χ1v) is 10.3. The minimum atomic E-state index is -3.15. The average molecular weight is 453 g/mol. The van der Waals surface area contributed by atoms with E-state index < -0.39 is 30.2 Å². The number of piperidine rings is 1. The summed E-state index contributed by atoms with van der Waals surface area (Å²) < 4.78 is 50.3. The minimum absolute atomic E-state index is 0.0216. The summed E-state index contributed by atoms with van der Waals surface area (Å²) >= 11 is 0. The molecule has 4 aromatic rings. The van der Waals surface area contributed by atoms with Gasteiger partial charge >= 0.3 is 0 Å². The lowest BCUT2D eigenvalue weighted by Gasteiger charge is -2.38. The zero-order chi connectivity index (χ0) is 23.0. The van der Waals surface area contributed by atoms with Crippen molar-refractivity contribution in [3.05, 3.63) is 78.4 Å². The number of halogens is 3. The molecule has 2 aromatic heterocycles. The maximum atomic E-state index is 14.7. The second-order valence-corrected chi connectivity index (χ2v) is 7.76. The smallest absolute Gasteiger partial charge is 0.287 e. The molecule has 1 aliphatic rings. The first-order valence-electron chi connectivity index (χ1n) is 10.3. The van der Waals surface area contributed by atoms with E-state index in [0.29, 0.717) is 11.2 Å². The molecule has 0 aliphatic carbocycles. The Hall–Kier alpha value is -3.95. The van der Waals surface area contributed by atoms with E-state index in [4.69, 9.17) is 4.74 Å². The van der Waals surface area contributed by atoms with E-state index >= 15 is 0 Å². The molecule has 1 aliphatic heterocycles. The molecule has 1 atom stereocenters. The number of amides is 1. The summed E-state index contributed by atoms with van der Waals surface area (Å²) in [5, 5.41) is 8.31. The summed E-state index contributed by atoms with van der Waals surface area (Å²) in [5.41, 5.74) is 0.933. The Morgan fingerprint density at radius 2 is 1.97 bits per heavy atom. The van der Waals surface area contributed by atoms with Gasteiger partial charge in [0.1, 0.15) is 5.82 Å². The molecule has 2 aromatic carbocycles. The van der Waals surface area contributed by atoms with Crippen LogP contribution in [0.25, 0.3) is 16.6 Å². The number of alkyl halides is 2. The monoisotopic (exact) mass is 453 g/mol. The molecule has 10 heteroatoms. The number of carbonyl (C=O) groups excluding carboxylic acids is 1. The van der Waals surface area contributed by atoms with Crippen LogP contribution in [0, 0.1) is 5.82 Å². The fourth-order valence-corrected chi connectivity index (χ4v) is 3.80. The van der Waals surface area contributed by atoms with Gasteiger partial charge in [0.05, 0.1) is 30.1 Å². The lowest BCUT2D eigenvalue weighted by atomic mass is 10.0. The quantitative estimate of drug-likeness (QED) is 0.469. The third kappa shape index (κ3) is 4.23. The molecule has 7 nitrogen and oxygen atoms in total. The molecule has 0 radical (unpaired) electrons. The molecule has 5 rings (SSSR count). The molecule has 1 saturated heterocycles. The second-order valence-electron chi connectivity index (χ2n) is 7.76. The zero-order valence-electron chi connectivity index (χ0n) is 17.2. The number of aromatic nitrogens is 4. The lowest BCUT2D eigenvalue weighted by molar-refractivity contribution is -0.131. The van der Waals surface area contributed by atoms with E-state index in [1.807, 2.05) is 12.1 Å². The van der Waals surface area contributed by atoms with Crippen LogP contribution in [0.3, 0.4) is 0 Å². The van der Waals surface area contributed by atoms with Gasteiger partial charge in [-0.05, 0) is 30.3 Å². The van der Waals surface area contributed by atoms with Crippen LogP contribution in [0.4, 0.5) is 13.2 Å². The number of nitrogens with zero attached hydrogens (tertiary/aromatic N) is 5. The zero-order valence-corrected chi connectivity index (χ0v) is 17.2. The number of para-hydroxylation sites is 1. The Kier molecular flexibility index (Phi) is 5.20. The van der Waals surface area contributed by atoms with Crippen LogP contribution in [-0.2, 0) is 0 Å². The maximum absolute atomic E-state index is 14.7. The normalized spacial score (nSPS) is 17.8. The van der Waals surface area contributed by atoms with E-state index in [0.717, 1.165) is 11.5 Å². The summed E-state index contributed by atoms with van der Waals surface area (Å²) in [6.07, 6.45) is 0.752. The fraction of sp³-hybridized carbons (Fsp3) is 0.217. The molecule has 168 valence electrons. The highest BCUT2D eigenvalue weighted by atomic mass is 19.3. The van der Waals surface area contributed by atoms with E-state index in [1.165, 1.54) is 40.2 Å². The van der Waals surface area contributed by atoms with Crippen molar-refractivity contribution in [1.29, 1.82) is 0 Å². The largest absolute Gasteiger partial charge is 0.466 e. The van der Waals surface area contributed by atoms with Crippen LogP contribution < -0.4 is 4.74 Å². The van der Waals surface area contributed by atoms with Crippen LogP contribution in [0.15, 0.2) is 67.0 Å². The first-order chi connectivity index (χ1) is 15.9. The van der Waals surface area contributed by atoms with Crippen molar-refractivity contribution in [2.45, 2.75) is 18.4 Å². The Balaban J connectivity index is 1.38. The van der Waals surface area contributed by atoms with Crippen molar-refractivity contribution in [2.75, 3.05) is 13.1 Å². The topological polar surface area (TPSA) is 73.1 Å². The second kappa shape index (κ2) is 8.19. The van der Waals surface area contributed by atoms with Crippen molar-refractivity contribution in [3.8, 4) is 11.6 Å². The van der Waals surface area contributed by atoms with Crippen LogP contribution in [0.2, 0.25) is 0 Å². The van der Waals surface area contributed by atoms with Gasteiger partial charge < -0.3 is 9.64 Å². The SMILES string of the molecule is O=C(c1cc(F)cc(-n2ccnn2)c1)N1CCC(F)(F)[C@@H](Oc2ccc3ccccc3n2)C1. The molecule has 0 N–H and O–H groups in total. The van der Waals surface area contributed by atoms with Crippen LogP contribution >= 0.6 is 0 Å². The van der Waals surface area contributed by atoms with Gasteiger partial charge in [-0.2, -0.15) is 0 Å². The number of carbonyl (C=O) groups is 1. The van der Waals surface area contributed by atoms with Crippen molar-refractivity contribution in [3.63, 3.8) is 0 Å². The van der Waals surface area contributed by atoms with E-state index in [-0.39, 0.29) is 24.5 Å². The molecule has 0 saturated carbocycles. The van der Waals surface area contributed by atoms with E-state index in [1.54, 1.807) is 18.2 Å². The van der Waals surface area contributed by atoms with Crippen LogP contribution in [-0.4, -0.2) is 55.9 Å². The van der Waals surface area contributed by atoms with Crippen LogP contribution in [0.1, 0.15) is 16.8 Å². The number of benzene rings is 2. The number of pyridine rings is 1. The number of hydrogen-bond donors (Lipinski definition) is 0. The maximum Gasteiger partial charge on any atom is 0.287 e. The standard InChI is InChI=1S/C23H18F3N5O2/c24-17-11-16(12-18(13-17)31-10-8-27-29-31)22(32)30-9-7-23(25,26)20(14-30)33-21-6-5-15-3-1-2-4-19(15)28-21/h1-6,8,10-13,20H,7,9,14H2/t20-/m0/s1. The highest BCUT2D eigenvalue weighted by Gasteiger charge is 2.47. The summed E-state index contributed by atoms with van der Waals surface area (Å²) in [5.74, 6) is -4.34. The van der Waals surface area contributed by atoms with Gasteiger partial charge in [0.15, 0.2) is 6.10 Å². The molecule has 1 amide bonds. The van der Waals surface area contributed by atoms with E-state index in [2.05, 4.69) is 15.3 Å². The van der Waals surface area contributed by atoms with Gasteiger partial charge in [0.2, 0.25) is 5.88 Å². The first kappa shape index (κ1) is 20.9. The minimum Gasteiger partial charge on any atom is -0.466 e. The van der Waals surface area contributed by atoms with Gasteiger partial charge in [-0.25, -0.2) is 22.8 Å². The van der Waals surface area contributed by atoms with Crippen molar-refractivity contribution >= 4 is 16.8 Å². The highest BCUT2D eigenvalue weighted by molar-refractivity contribution is 5.95. The Bertz CT molecular complexity index is 1310. The summed E-state index contributed by atoms with van der Waals surface area (Å²) in [6, 6.07) is 14.2. The number of likely N-dealkylation sites (tertiary alicyclic amines) is 1. The van der Waals surface area contributed by atoms with Gasteiger partial charge in [0, 0.05) is 30.0 Å². The lowest BCUT2D eigenvalue weighted by Crippen LogP contribution is -2.55. The molecular formula is C23H18F3N5O2. The Labute approximate surface area is 186 Å². The van der Waals surface area contributed by atoms with Crippen molar-refractivity contribution in [2.24, 2.45) is 0 Å². The average Bonchev–Trinajstić information content (AvgIpc) is 3.35. The molecule has 33 heavy (non-hydrogen) atoms. The number of ether oxygens (including phenoxy) is 1. The summed E-state index contributed by atoms with van der Waals surface area (Å²) in [4.78, 5) is 18.6. The summed E-state index contributed by atoms with van der Waals surface area (Å²) in [6.45, 7) is -0.554. The van der Waals surface area contributed by atoms with Gasteiger partial charge in [-0.3, -0.25) is 4.79 Å². The molecular weight excluding hydrogens is 435 g/mol. The van der Waals surface area contributed by atoms with Crippen molar-refractivity contribution in [1.82, 2.24) is 24.9 Å². The number of fused-ring (bicyclic) bond motifs is 1. The third-order valence-electron chi connectivity index (χ3n) is 5.51. The molecule has 0 bridgehead atoms. The summed E-state index contributed by atoms with van der Waals surface area (Å²) in [7, 11) is 0. The van der Waals surface area contributed by atoms with Gasteiger partial charge in [-0.15, -0.1) is 5.10 Å². The van der Waals surface area contributed by atoms with Gasteiger partial charge in [0.25, 0.3) is 11.8 Å². The van der Waals surface area contributed by atoms with E-state index in [9.17, 15) is 18.0 Å². The molecule has 1 fully saturated rings. The predicted octanol–water partition coefficient (Wildman–Crippen LogP) is 3.88. The molecule has 3 heterocycles. The number of rotatable bonds is 4. The predicted molar refractivity (Wildman–Crippen MR) is 113 cm³/mol.